The van der Waals surface area contributed by atoms with Crippen molar-refractivity contribution in [3.63, 3.8) is 0 Å². The molecule has 0 aliphatic carbocycles. The van der Waals surface area contributed by atoms with E-state index in [9.17, 15) is 24.2 Å². The molecule has 0 bridgehead atoms. The van der Waals surface area contributed by atoms with Crippen LogP contribution in [0.25, 0.3) is 5.76 Å². The number of hydrogen-bond acceptors (Lipinski definition) is 6. The number of ketones is 1. The van der Waals surface area contributed by atoms with Crippen LogP contribution in [-0.2, 0) is 14.3 Å². The van der Waals surface area contributed by atoms with Crippen molar-refractivity contribution in [2.75, 3.05) is 39.4 Å². The summed E-state index contributed by atoms with van der Waals surface area (Å²) in [6.07, 6.45) is 0.638. The fraction of sp³-hybridized carbons (Fsp3) is 0.333. The van der Waals surface area contributed by atoms with Crippen molar-refractivity contribution in [1.82, 2.24) is 9.80 Å². The first-order valence-electron chi connectivity index (χ1n) is 10.6. The molecule has 4 rings (SSSR count). The number of amides is 1. The van der Waals surface area contributed by atoms with Gasteiger partial charge in [-0.15, -0.1) is 0 Å². The number of aliphatic hydroxyl groups excluding tert-OH is 1. The molecule has 2 saturated heterocycles. The molecule has 168 valence electrons. The number of morpholine rings is 1. The van der Waals surface area contributed by atoms with Crippen LogP contribution in [0, 0.1) is 5.82 Å². The van der Waals surface area contributed by atoms with Crippen LogP contribution in [0.15, 0.2) is 54.1 Å². The first kappa shape index (κ1) is 22.0. The number of hydrogen-bond donors (Lipinski definition) is 2. The number of phenols is 1. The maximum absolute atomic E-state index is 13.3. The summed E-state index contributed by atoms with van der Waals surface area (Å²) in [5, 5.41) is 20.9. The smallest absolute Gasteiger partial charge is 0.295 e. The highest BCUT2D eigenvalue weighted by Gasteiger charge is 2.45. The van der Waals surface area contributed by atoms with Gasteiger partial charge in [-0.3, -0.25) is 14.5 Å². The highest BCUT2D eigenvalue weighted by Crippen LogP contribution is 2.40. The predicted molar refractivity (Wildman–Crippen MR) is 115 cm³/mol. The quantitative estimate of drug-likeness (QED) is 0.408. The predicted octanol–water partition coefficient (Wildman–Crippen LogP) is 2.68. The number of benzene rings is 2. The van der Waals surface area contributed by atoms with Gasteiger partial charge in [-0.25, -0.2) is 4.39 Å². The van der Waals surface area contributed by atoms with E-state index in [4.69, 9.17) is 4.74 Å². The van der Waals surface area contributed by atoms with E-state index in [1.54, 1.807) is 12.1 Å². The van der Waals surface area contributed by atoms with Crippen LogP contribution in [0.2, 0.25) is 0 Å². The molecule has 1 amide bonds. The van der Waals surface area contributed by atoms with Crippen molar-refractivity contribution in [2.24, 2.45) is 0 Å². The second-order valence-corrected chi connectivity index (χ2v) is 7.90. The van der Waals surface area contributed by atoms with E-state index in [1.165, 1.54) is 41.3 Å². The van der Waals surface area contributed by atoms with Crippen LogP contribution in [0.4, 0.5) is 4.39 Å². The molecule has 8 heteroatoms. The van der Waals surface area contributed by atoms with Crippen LogP contribution >= 0.6 is 0 Å². The molecule has 2 aliphatic heterocycles. The van der Waals surface area contributed by atoms with Gasteiger partial charge in [0.2, 0.25) is 0 Å². The third-order valence-corrected chi connectivity index (χ3v) is 5.82. The average molecular weight is 440 g/mol. The summed E-state index contributed by atoms with van der Waals surface area (Å²) in [7, 11) is 0. The van der Waals surface area contributed by atoms with E-state index in [-0.39, 0.29) is 22.6 Å². The fourth-order valence-electron chi connectivity index (χ4n) is 4.20. The van der Waals surface area contributed by atoms with Crippen molar-refractivity contribution in [3.05, 3.63) is 71.0 Å². The molecule has 32 heavy (non-hydrogen) atoms. The van der Waals surface area contributed by atoms with Gasteiger partial charge < -0.3 is 19.8 Å². The number of phenolic OH excluding ortho intramolecular Hbond substituents is 1. The molecule has 2 aromatic carbocycles. The Hall–Kier alpha value is -3.23. The molecule has 0 aromatic heterocycles. The molecule has 0 saturated carbocycles. The molecule has 2 aliphatic rings. The number of likely N-dealkylation sites (tertiary alicyclic amines) is 1. The first-order chi connectivity index (χ1) is 15.5. The lowest BCUT2D eigenvalue weighted by atomic mass is 9.95. The second-order valence-electron chi connectivity index (χ2n) is 7.90. The van der Waals surface area contributed by atoms with Crippen LogP contribution in [0.3, 0.4) is 0 Å². The molecule has 2 aromatic rings. The van der Waals surface area contributed by atoms with Crippen LogP contribution in [-0.4, -0.2) is 71.1 Å². The van der Waals surface area contributed by atoms with E-state index in [0.29, 0.717) is 31.7 Å². The zero-order chi connectivity index (χ0) is 22.7. The van der Waals surface area contributed by atoms with Gasteiger partial charge in [0.05, 0.1) is 24.8 Å². The molecular weight excluding hydrogens is 415 g/mol. The molecule has 0 spiro atoms. The Morgan fingerprint density at radius 3 is 2.47 bits per heavy atom. The summed E-state index contributed by atoms with van der Waals surface area (Å²) in [6.45, 7) is 4.04. The normalized spacial score (nSPS) is 21.3. The number of carbonyl (C=O) groups is 2. The second kappa shape index (κ2) is 9.50. The van der Waals surface area contributed by atoms with E-state index in [0.717, 1.165) is 19.6 Å². The topological polar surface area (TPSA) is 90.3 Å². The number of Topliss-reactive ketones (excluding diaryl/α,β-unsaturated/α-hetero) is 1. The highest BCUT2D eigenvalue weighted by atomic mass is 19.1. The van der Waals surface area contributed by atoms with Gasteiger partial charge in [-0.2, -0.15) is 0 Å². The lowest BCUT2D eigenvalue weighted by Gasteiger charge is -2.29. The van der Waals surface area contributed by atoms with Crippen molar-refractivity contribution >= 4 is 17.4 Å². The number of rotatable bonds is 6. The summed E-state index contributed by atoms with van der Waals surface area (Å²) in [5.74, 6) is -2.36. The number of carbonyl (C=O) groups excluding carboxylic acids is 2. The maximum Gasteiger partial charge on any atom is 0.295 e. The maximum atomic E-state index is 13.3. The Kier molecular flexibility index (Phi) is 6.53. The van der Waals surface area contributed by atoms with Gasteiger partial charge in [0.15, 0.2) is 0 Å². The minimum absolute atomic E-state index is 0.0109. The summed E-state index contributed by atoms with van der Waals surface area (Å²) < 4.78 is 18.7. The Morgan fingerprint density at radius 2 is 1.78 bits per heavy atom. The molecule has 1 unspecified atom stereocenters. The largest absolute Gasteiger partial charge is 0.508 e. The molecule has 2 heterocycles. The van der Waals surface area contributed by atoms with E-state index in [1.807, 2.05) is 0 Å². The zero-order valence-corrected chi connectivity index (χ0v) is 17.5. The molecular formula is C24H25FN2O5. The van der Waals surface area contributed by atoms with Gasteiger partial charge in [0.25, 0.3) is 11.7 Å². The lowest BCUT2D eigenvalue weighted by Crippen LogP contribution is -2.38. The minimum atomic E-state index is -0.850. The molecule has 2 N–H and O–H groups in total. The summed E-state index contributed by atoms with van der Waals surface area (Å²) in [6, 6.07) is 10.5. The van der Waals surface area contributed by atoms with Crippen molar-refractivity contribution in [1.29, 1.82) is 0 Å². The number of nitrogens with zero attached hydrogens (tertiary/aromatic N) is 2. The molecule has 0 radical (unpaired) electrons. The van der Waals surface area contributed by atoms with Gasteiger partial charge in [0, 0.05) is 31.7 Å². The number of ether oxygens (including phenoxy) is 1. The van der Waals surface area contributed by atoms with E-state index in [2.05, 4.69) is 4.90 Å². The number of halogens is 1. The summed E-state index contributed by atoms with van der Waals surface area (Å²) in [5.41, 5.74) is 0.681. The van der Waals surface area contributed by atoms with Crippen molar-refractivity contribution in [3.8, 4) is 5.75 Å². The third kappa shape index (κ3) is 4.51. The van der Waals surface area contributed by atoms with Crippen LogP contribution in [0.1, 0.15) is 23.6 Å². The van der Waals surface area contributed by atoms with E-state index < -0.39 is 23.5 Å². The lowest BCUT2D eigenvalue weighted by molar-refractivity contribution is -0.140. The van der Waals surface area contributed by atoms with Crippen molar-refractivity contribution < 1.29 is 28.9 Å². The Labute approximate surface area is 185 Å². The Morgan fingerprint density at radius 1 is 1.06 bits per heavy atom. The Balaban J connectivity index is 1.67. The van der Waals surface area contributed by atoms with E-state index >= 15 is 0 Å². The average Bonchev–Trinajstić information content (AvgIpc) is 3.05. The summed E-state index contributed by atoms with van der Waals surface area (Å²) in [4.78, 5) is 29.6. The van der Waals surface area contributed by atoms with Crippen molar-refractivity contribution in [2.45, 2.75) is 12.5 Å². The van der Waals surface area contributed by atoms with Gasteiger partial charge in [0.1, 0.15) is 17.3 Å². The van der Waals surface area contributed by atoms with Gasteiger partial charge in [-0.05, 0) is 48.4 Å². The molecule has 1 atom stereocenters. The molecule has 2 fully saturated rings. The molecule has 7 nitrogen and oxygen atoms in total. The standard InChI is InChI=1S/C24H25FN2O5/c25-18-7-5-16(6-8-18)22(29)20-21(17-3-1-4-19(28)15-17)27(24(31)23(20)30)10-2-9-26-11-13-32-14-12-26/h1,3-8,15,21,28-29H,2,9-14H2/b22-20+. The SMILES string of the molecule is O=C1C(=O)N(CCCN2CCOCC2)C(c2cccc(O)c2)/C1=C(\O)c1ccc(F)cc1. The highest BCUT2D eigenvalue weighted by molar-refractivity contribution is 6.46. The number of aromatic hydroxyl groups is 1. The van der Waals surface area contributed by atoms with Crippen LogP contribution < -0.4 is 0 Å². The number of aliphatic hydroxyl groups is 1. The monoisotopic (exact) mass is 440 g/mol. The minimum Gasteiger partial charge on any atom is -0.508 e. The first-order valence-corrected chi connectivity index (χ1v) is 10.6. The van der Waals surface area contributed by atoms with Gasteiger partial charge in [-0.1, -0.05) is 12.1 Å². The van der Waals surface area contributed by atoms with Gasteiger partial charge >= 0.3 is 0 Å². The third-order valence-electron chi connectivity index (χ3n) is 5.82. The zero-order valence-electron chi connectivity index (χ0n) is 17.5. The fourth-order valence-corrected chi connectivity index (χ4v) is 4.20. The van der Waals surface area contributed by atoms with Crippen LogP contribution in [0.5, 0.6) is 5.75 Å². The summed E-state index contributed by atoms with van der Waals surface area (Å²) >= 11 is 0. The Bertz CT molecular complexity index is 1030.